The first kappa shape index (κ1) is 20.5. The lowest BCUT2D eigenvalue weighted by Gasteiger charge is -2.61. The second kappa shape index (κ2) is 6.70. The molecule has 30 heavy (non-hydrogen) atoms. The van der Waals surface area contributed by atoms with Crippen LogP contribution in [0.3, 0.4) is 0 Å². The van der Waals surface area contributed by atoms with Gasteiger partial charge in [0.1, 0.15) is 0 Å². The quantitative estimate of drug-likeness (QED) is 0.543. The van der Waals surface area contributed by atoms with E-state index >= 15 is 0 Å². The molecule has 0 bridgehead atoms. The predicted molar refractivity (Wildman–Crippen MR) is 118 cm³/mol. The molecule has 5 unspecified atom stereocenters. The van der Waals surface area contributed by atoms with E-state index in [0.717, 1.165) is 49.5 Å². The average Bonchev–Trinajstić information content (AvgIpc) is 3.16. The molecule has 0 aromatic rings. The van der Waals surface area contributed by atoms with E-state index < -0.39 is 0 Å². The van der Waals surface area contributed by atoms with E-state index in [-0.39, 0.29) is 11.9 Å². The van der Waals surface area contributed by atoms with Gasteiger partial charge in [-0.3, -0.25) is 0 Å². The number of aliphatic hydroxyl groups is 1. The Hall–Kier alpha value is -0.120. The maximum atomic E-state index is 10.3. The summed E-state index contributed by atoms with van der Waals surface area (Å²) in [6.07, 6.45) is 12.9. The fraction of sp³-hybridized carbons (Fsp3) is 1.00. The van der Waals surface area contributed by atoms with Crippen molar-refractivity contribution in [1.82, 2.24) is 0 Å². The van der Waals surface area contributed by atoms with Crippen LogP contribution in [0.25, 0.3) is 0 Å². The second-order valence-corrected chi connectivity index (χ2v) is 13.1. The highest BCUT2D eigenvalue weighted by Crippen LogP contribution is 2.71. The molecule has 6 aliphatic rings. The van der Waals surface area contributed by atoms with Gasteiger partial charge in [0.05, 0.1) is 18.8 Å². The number of rotatable bonds is 0. The Bertz CT molecular complexity index is 684. The molecule has 1 spiro atoms. The van der Waals surface area contributed by atoms with Crippen molar-refractivity contribution >= 4 is 0 Å². The maximum absolute atomic E-state index is 10.3. The first-order valence-corrected chi connectivity index (χ1v) is 13.3. The van der Waals surface area contributed by atoms with E-state index in [1.54, 1.807) is 0 Å². The zero-order chi connectivity index (χ0) is 20.9. The van der Waals surface area contributed by atoms with Crippen LogP contribution in [-0.4, -0.2) is 29.7 Å². The van der Waals surface area contributed by atoms with Crippen molar-refractivity contribution in [1.29, 1.82) is 0 Å². The summed E-state index contributed by atoms with van der Waals surface area (Å²) in [4.78, 5) is 0. The van der Waals surface area contributed by atoms with Crippen molar-refractivity contribution in [2.75, 3.05) is 6.61 Å². The molecule has 170 valence electrons. The molecular formula is C27H44O3. The highest BCUT2D eigenvalue weighted by Gasteiger charge is 2.69. The zero-order valence-corrected chi connectivity index (χ0v) is 19.7. The van der Waals surface area contributed by atoms with Gasteiger partial charge in [0.25, 0.3) is 0 Å². The van der Waals surface area contributed by atoms with Gasteiger partial charge in [-0.25, -0.2) is 0 Å². The normalized spacial score (nSPS) is 62.5. The largest absolute Gasteiger partial charge is 0.393 e. The van der Waals surface area contributed by atoms with Crippen molar-refractivity contribution < 1.29 is 14.6 Å². The van der Waals surface area contributed by atoms with Crippen LogP contribution in [-0.2, 0) is 9.47 Å². The molecule has 2 heterocycles. The Kier molecular flexibility index (Phi) is 4.58. The molecule has 3 nitrogen and oxygen atoms in total. The van der Waals surface area contributed by atoms with Gasteiger partial charge in [-0.1, -0.05) is 27.7 Å². The molecule has 0 amide bonds. The van der Waals surface area contributed by atoms with Crippen molar-refractivity contribution in [2.45, 2.75) is 110 Å². The third-order valence-electron chi connectivity index (χ3n) is 11.9. The smallest absolute Gasteiger partial charge is 0.171 e. The predicted octanol–water partition coefficient (Wildman–Crippen LogP) is 5.79. The highest BCUT2D eigenvalue weighted by atomic mass is 16.7. The summed E-state index contributed by atoms with van der Waals surface area (Å²) in [5.74, 6) is 4.93. The maximum Gasteiger partial charge on any atom is 0.171 e. The molecule has 0 radical (unpaired) electrons. The van der Waals surface area contributed by atoms with Crippen LogP contribution in [0.5, 0.6) is 0 Å². The van der Waals surface area contributed by atoms with E-state index in [4.69, 9.17) is 9.47 Å². The van der Waals surface area contributed by atoms with Crippen LogP contribution in [0.2, 0.25) is 0 Å². The summed E-state index contributed by atoms with van der Waals surface area (Å²) in [5.41, 5.74) is 0.899. The van der Waals surface area contributed by atoms with Gasteiger partial charge < -0.3 is 14.6 Å². The summed E-state index contributed by atoms with van der Waals surface area (Å²) in [6, 6.07) is 0. The lowest BCUT2D eigenvalue weighted by molar-refractivity contribution is -0.273. The van der Waals surface area contributed by atoms with E-state index in [1.807, 2.05) is 0 Å². The fourth-order valence-corrected chi connectivity index (χ4v) is 10.3. The lowest BCUT2D eigenvalue weighted by atomic mass is 9.44. The molecule has 2 aliphatic heterocycles. The zero-order valence-electron chi connectivity index (χ0n) is 19.7. The summed E-state index contributed by atoms with van der Waals surface area (Å²) >= 11 is 0. The molecule has 3 heteroatoms. The fourth-order valence-electron chi connectivity index (χ4n) is 10.3. The monoisotopic (exact) mass is 416 g/mol. The molecule has 2 saturated heterocycles. The summed E-state index contributed by atoms with van der Waals surface area (Å²) in [7, 11) is 0. The molecule has 0 aromatic heterocycles. The van der Waals surface area contributed by atoms with Gasteiger partial charge in [0.2, 0.25) is 0 Å². The van der Waals surface area contributed by atoms with Gasteiger partial charge in [0, 0.05) is 12.3 Å². The van der Waals surface area contributed by atoms with Crippen molar-refractivity contribution in [3.8, 4) is 0 Å². The minimum Gasteiger partial charge on any atom is -0.393 e. The van der Waals surface area contributed by atoms with Gasteiger partial charge in [0.15, 0.2) is 5.79 Å². The Morgan fingerprint density at radius 1 is 0.833 bits per heavy atom. The standard InChI is InChI=1S/C27H44O3/c1-16-7-12-27(29-15-16)17(2)24-23(30-27)14-22-20-6-5-18-13-19(28)8-10-25(18,3)21(20)9-11-26(22,24)4/h16-24,28H,5-15H2,1-4H3/t16-,17-,18+,19-,20?,21?,22?,23?,24?,25-,26-,27+/m0/s1. The van der Waals surface area contributed by atoms with Gasteiger partial charge in [-0.2, -0.15) is 0 Å². The first-order valence-electron chi connectivity index (χ1n) is 13.3. The number of hydrogen-bond donors (Lipinski definition) is 1. The van der Waals surface area contributed by atoms with Crippen LogP contribution in [0, 0.1) is 52.3 Å². The topological polar surface area (TPSA) is 38.7 Å². The third-order valence-corrected chi connectivity index (χ3v) is 11.9. The lowest BCUT2D eigenvalue weighted by Crippen LogP contribution is -2.55. The van der Waals surface area contributed by atoms with Gasteiger partial charge in [-0.05, 0) is 104 Å². The van der Waals surface area contributed by atoms with Crippen LogP contribution in [0.15, 0.2) is 0 Å². The van der Waals surface area contributed by atoms with E-state index in [1.165, 1.54) is 44.9 Å². The van der Waals surface area contributed by atoms with Crippen LogP contribution < -0.4 is 0 Å². The number of fused-ring (bicyclic) bond motifs is 7. The van der Waals surface area contributed by atoms with Crippen molar-refractivity contribution in [2.24, 2.45) is 52.3 Å². The van der Waals surface area contributed by atoms with Crippen molar-refractivity contribution in [3.05, 3.63) is 0 Å². The van der Waals surface area contributed by atoms with Crippen LogP contribution in [0.1, 0.15) is 91.9 Å². The minimum absolute atomic E-state index is 0.0389. The van der Waals surface area contributed by atoms with Gasteiger partial charge in [-0.15, -0.1) is 0 Å². The summed E-state index contributed by atoms with van der Waals surface area (Å²) in [6.45, 7) is 10.9. The molecule has 1 N–H and O–H groups in total. The molecule has 6 fully saturated rings. The Morgan fingerprint density at radius 2 is 1.63 bits per heavy atom. The van der Waals surface area contributed by atoms with E-state index in [9.17, 15) is 5.11 Å². The summed E-state index contributed by atoms with van der Waals surface area (Å²) in [5, 5.41) is 10.3. The third kappa shape index (κ3) is 2.61. The van der Waals surface area contributed by atoms with Crippen molar-refractivity contribution in [3.63, 3.8) is 0 Å². The molecule has 12 atom stereocenters. The Morgan fingerprint density at radius 3 is 2.40 bits per heavy atom. The second-order valence-electron chi connectivity index (χ2n) is 13.1. The average molecular weight is 417 g/mol. The molecular weight excluding hydrogens is 372 g/mol. The Balaban J connectivity index is 1.26. The molecule has 6 rings (SSSR count). The highest BCUT2D eigenvalue weighted by molar-refractivity contribution is 5.15. The van der Waals surface area contributed by atoms with E-state index in [0.29, 0.717) is 34.7 Å². The van der Waals surface area contributed by atoms with Crippen LogP contribution >= 0.6 is 0 Å². The number of hydrogen-bond acceptors (Lipinski definition) is 3. The summed E-state index contributed by atoms with van der Waals surface area (Å²) < 4.78 is 13.4. The van der Waals surface area contributed by atoms with Gasteiger partial charge >= 0.3 is 0 Å². The first-order chi connectivity index (χ1) is 14.3. The minimum atomic E-state index is -0.282. The van der Waals surface area contributed by atoms with Crippen LogP contribution in [0.4, 0.5) is 0 Å². The Labute approximate surface area is 183 Å². The molecule has 4 aliphatic carbocycles. The van der Waals surface area contributed by atoms with E-state index in [2.05, 4.69) is 27.7 Å². The molecule has 0 aromatic carbocycles. The SMILES string of the molecule is C[C@H]1CC[C@@]2(OC1)OC1CC3C4CC[C@@H]5C[C@@H](O)CC[C@]5(C)C4CC[C@]3(C)C1[C@@H]2C. The number of aliphatic hydroxyl groups excluding tert-OH is 1. The number of ether oxygens (including phenoxy) is 2. The molecule has 4 saturated carbocycles.